The van der Waals surface area contributed by atoms with Gasteiger partial charge in [0, 0.05) is 32.3 Å². The molecule has 0 aliphatic carbocycles. The zero-order valence-electron chi connectivity index (χ0n) is 13.7. The molecular formula is C16H25N3O3. The number of benzene rings is 1. The SMILES string of the molecule is CNC(=O)c1ccc(CN(C)CC(=O)NC(C)COC)cc1. The van der Waals surface area contributed by atoms with Gasteiger partial charge in [-0.1, -0.05) is 12.1 Å². The number of methoxy groups -OCH3 is 1. The lowest BCUT2D eigenvalue weighted by molar-refractivity contribution is -0.123. The normalized spacial score (nSPS) is 12.0. The summed E-state index contributed by atoms with van der Waals surface area (Å²) in [5, 5.41) is 5.45. The average molecular weight is 307 g/mol. The Morgan fingerprint density at radius 2 is 1.91 bits per heavy atom. The van der Waals surface area contributed by atoms with Gasteiger partial charge in [0.05, 0.1) is 13.2 Å². The third-order valence-corrected chi connectivity index (χ3v) is 3.13. The van der Waals surface area contributed by atoms with E-state index < -0.39 is 0 Å². The number of nitrogens with one attached hydrogen (secondary N) is 2. The molecule has 22 heavy (non-hydrogen) atoms. The minimum Gasteiger partial charge on any atom is -0.383 e. The molecule has 2 N–H and O–H groups in total. The maximum Gasteiger partial charge on any atom is 0.251 e. The van der Waals surface area contributed by atoms with E-state index in [4.69, 9.17) is 4.74 Å². The Balaban J connectivity index is 2.46. The van der Waals surface area contributed by atoms with Crippen LogP contribution in [0.25, 0.3) is 0 Å². The second-order valence-electron chi connectivity index (χ2n) is 5.37. The number of carbonyl (C=O) groups excluding carboxylic acids is 2. The largest absolute Gasteiger partial charge is 0.383 e. The lowest BCUT2D eigenvalue weighted by Gasteiger charge is -2.18. The highest BCUT2D eigenvalue weighted by atomic mass is 16.5. The van der Waals surface area contributed by atoms with Crippen LogP contribution < -0.4 is 10.6 Å². The molecule has 0 saturated carbocycles. The fraction of sp³-hybridized carbons (Fsp3) is 0.500. The summed E-state index contributed by atoms with van der Waals surface area (Å²) in [7, 11) is 5.09. The lowest BCUT2D eigenvalue weighted by Crippen LogP contribution is -2.41. The second kappa shape index (κ2) is 9.17. The molecule has 0 bridgehead atoms. The molecule has 1 atom stereocenters. The van der Waals surface area contributed by atoms with Gasteiger partial charge in [-0.25, -0.2) is 0 Å². The van der Waals surface area contributed by atoms with Crippen molar-refractivity contribution in [3.63, 3.8) is 0 Å². The number of amides is 2. The third-order valence-electron chi connectivity index (χ3n) is 3.13. The molecule has 1 aromatic rings. The highest BCUT2D eigenvalue weighted by molar-refractivity contribution is 5.93. The number of carbonyl (C=O) groups is 2. The molecule has 6 heteroatoms. The Kier molecular flexibility index (Phi) is 7.56. The summed E-state index contributed by atoms with van der Waals surface area (Å²) in [4.78, 5) is 25.2. The molecular weight excluding hydrogens is 282 g/mol. The molecule has 1 unspecified atom stereocenters. The molecule has 122 valence electrons. The van der Waals surface area contributed by atoms with Crippen molar-refractivity contribution in [2.45, 2.75) is 19.5 Å². The van der Waals surface area contributed by atoms with Gasteiger partial charge in [-0.05, 0) is 31.7 Å². The summed E-state index contributed by atoms with van der Waals surface area (Å²) in [6.07, 6.45) is 0. The molecule has 0 fully saturated rings. The van der Waals surface area contributed by atoms with E-state index in [0.29, 0.717) is 25.3 Å². The number of nitrogens with zero attached hydrogens (tertiary/aromatic N) is 1. The van der Waals surface area contributed by atoms with Crippen LogP contribution in [0.15, 0.2) is 24.3 Å². The minimum absolute atomic E-state index is 0.00209. The first kappa shape index (κ1) is 18.1. The van der Waals surface area contributed by atoms with Crippen LogP contribution in [0, 0.1) is 0 Å². The first-order valence-electron chi connectivity index (χ1n) is 7.24. The number of hydrogen-bond donors (Lipinski definition) is 2. The highest BCUT2D eigenvalue weighted by Crippen LogP contribution is 2.06. The van der Waals surface area contributed by atoms with E-state index in [1.54, 1.807) is 26.3 Å². The van der Waals surface area contributed by atoms with Crippen LogP contribution in [0.3, 0.4) is 0 Å². The van der Waals surface area contributed by atoms with Gasteiger partial charge in [-0.3, -0.25) is 14.5 Å². The van der Waals surface area contributed by atoms with Gasteiger partial charge in [0.1, 0.15) is 0 Å². The van der Waals surface area contributed by atoms with E-state index in [0.717, 1.165) is 5.56 Å². The topological polar surface area (TPSA) is 70.7 Å². The fourth-order valence-electron chi connectivity index (χ4n) is 2.13. The van der Waals surface area contributed by atoms with Crippen molar-refractivity contribution in [2.75, 3.05) is 34.4 Å². The number of likely N-dealkylation sites (N-methyl/N-ethyl adjacent to an activating group) is 1. The van der Waals surface area contributed by atoms with Gasteiger partial charge in [0.15, 0.2) is 0 Å². The molecule has 2 amide bonds. The van der Waals surface area contributed by atoms with Crippen LogP contribution in [0.1, 0.15) is 22.8 Å². The van der Waals surface area contributed by atoms with Crippen molar-refractivity contribution in [1.82, 2.24) is 15.5 Å². The van der Waals surface area contributed by atoms with Crippen LogP contribution in [-0.2, 0) is 16.1 Å². The van der Waals surface area contributed by atoms with Crippen molar-refractivity contribution < 1.29 is 14.3 Å². The van der Waals surface area contributed by atoms with Gasteiger partial charge in [0.2, 0.25) is 5.91 Å². The van der Waals surface area contributed by atoms with E-state index in [1.807, 2.05) is 31.0 Å². The van der Waals surface area contributed by atoms with E-state index >= 15 is 0 Å². The number of hydrogen-bond acceptors (Lipinski definition) is 4. The lowest BCUT2D eigenvalue weighted by atomic mass is 10.1. The quantitative estimate of drug-likeness (QED) is 0.739. The van der Waals surface area contributed by atoms with E-state index in [2.05, 4.69) is 10.6 Å². The van der Waals surface area contributed by atoms with Crippen LogP contribution in [-0.4, -0.2) is 57.1 Å². The Morgan fingerprint density at radius 1 is 1.27 bits per heavy atom. The molecule has 0 saturated heterocycles. The summed E-state index contributed by atoms with van der Waals surface area (Å²) in [6.45, 7) is 3.35. The Labute approximate surface area is 131 Å². The van der Waals surface area contributed by atoms with Crippen LogP contribution in [0.2, 0.25) is 0 Å². The van der Waals surface area contributed by atoms with Crippen molar-refractivity contribution in [2.24, 2.45) is 0 Å². The van der Waals surface area contributed by atoms with Gasteiger partial charge in [-0.2, -0.15) is 0 Å². The molecule has 0 aliphatic heterocycles. The zero-order valence-corrected chi connectivity index (χ0v) is 13.7. The molecule has 0 aromatic heterocycles. The number of rotatable bonds is 8. The predicted octanol–water partition coefficient (Wildman–Crippen LogP) is 0.629. The van der Waals surface area contributed by atoms with Gasteiger partial charge < -0.3 is 15.4 Å². The Bertz CT molecular complexity index is 488. The van der Waals surface area contributed by atoms with Crippen LogP contribution >= 0.6 is 0 Å². The summed E-state index contributed by atoms with van der Waals surface area (Å²) in [5.74, 6) is -0.138. The summed E-state index contributed by atoms with van der Waals surface area (Å²) in [6, 6.07) is 7.35. The molecule has 0 radical (unpaired) electrons. The molecule has 1 rings (SSSR count). The average Bonchev–Trinajstić information content (AvgIpc) is 2.47. The first-order chi connectivity index (χ1) is 10.5. The summed E-state index contributed by atoms with van der Waals surface area (Å²) >= 11 is 0. The molecule has 0 aliphatic rings. The van der Waals surface area contributed by atoms with Crippen LogP contribution in [0.4, 0.5) is 0 Å². The highest BCUT2D eigenvalue weighted by Gasteiger charge is 2.10. The summed E-state index contributed by atoms with van der Waals surface area (Å²) in [5.41, 5.74) is 1.67. The molecule has 0 heterocycles. The smallest absolute Gasteiger partial charge is 0.251 e. The maximum atomic E-state index is 11.8. The maximum absolute atomic E-state index is 11.8. The monoisotopic (exact) mass is 307 g/mol. The third kappa shape index (κ3) is 6.24. The molecule has 6 nitrogen and oxygen atoms in total. The van der Waals surface area contributed by atoms with Crippen molar-refractivity contribution in [3.05, 3.63) is 35.4 Å². The Morgan fingerprint density at radius 3 is 2.45 bits per heavy atom. The van der Waals surface area contributed by atoms with E-state index in [9.17, 15) is 9.59 Å². The summed E-state index contributed by atoms with van der Waals surface area (Å²) < 4.78 is 4.98. The van der Waals surface area contributed by atoms with Gasteiger partial charge in [-0.15, -0.1) is 0 Å². The number of ether oxygens (including phenoxy) is 1. The standard InChI is InChI=1S/C16H25N3O3/c1-12(11-22-4)18-15(20)10-19(3)9-13-5-7-14(8-6-13)16(21)17-2/h5-8,12H,9-11H2,1-4H3,(H,17,21)(H,18,20). The van der Waals surface area contributed by atoms with Crippen molar-refractivity contribution >= 4 is 11.8 Å². The minimum atomic E-state index is -0.105. The van der Waals surface area contributed by atoms with Gasteiger partial charge in [0.25, 0.3) is 5.91 Å². The van der Waals surface area contributed by atoms with Gasteiger partial charge >= 0.3 is 0 Å². The fourth-order valence-corrected chi connectivity index (χ4v) is 2.13. The zero-order chi connectivity index (χ0) is 16.5. The second-order valence-corrected chi connectivity index (χ2v) is 5.37. The Hall–Kier alpha value is -1.92. The van der Waals surface area contributed by atoms with Crippen molar-refractivity contribution in [3.8, 4) is 0 Å². The molecule has 0 spiro atoms. The van der Waals surface area contributed by atoms with Crippen molar-refractivity contribution in [1.29, 1.82) is 0 Å². The predicted molar refractivity (Wildman–Crippen MR) is 85.6 cm³/mol. The molecule has 1 aromatic carbocycles. The first-order valence-corrected chi connectivity index (χ1v) is 7.24. The van der Waals surface area contributed by atoms with E-state index in [1.165, 1.54) is 0 Å². The van der Waals surface area contributed by atoms with E-state index in [-0.39, 0.29) is 17.9 Å². The van der Waals surface area contributed by atoms with Crippen LogP contribution in [0.5, 0.6) is 0 Å².